The molecule has 2 rings (SSSR count). The van der Waals surface area contributed by atoms with Crippen molar-refractivity contribution in [1.29, 1.82) is 0 Å². The van der Waals surface area contributed by atoms with Gasteiger partial charge in [0.25, 0.3) is 0 Å². The topological polar surface area (TPSA) is 120 Å². The number of rotatable bonds is 13. The first kappa shape index (κ1) is 32.2. The van der Waals surface area contributed by atoms with E-state index < -0.39 is 35.7 Å². The Hall–Kier alpha value is -3.98. The molecule has 9 heteroatoms. The van der Waals surface area contributed by atoms with Gasteiger partial charge in [-0.1, -0.05) is 74.5 Å². The zero-order valence-corrected chi connectivity index (χ0v) is 24.1. The number of alkyl carbamates (subject to hydrolysis) is 1. The van der Waals surface area contributed by atoms with Crippen LogP contribution < -0.4 is 10.6 Å². The molecule has 40 heavy (non-hydrogen) atoms. The van der Waals surface area contributed by atoms with E-state index in [2.05, 4.69) is 10.6 Å². The zero-order chi connectivity index (χ0) is 29.7. The molecule has 0 fully saturated rings. The number of allylic oxidation sites excluding steroid dienone is 2. The van der Waals surface area contributed by atoms with Crippen molar-refractivity contribution in [3.63, 3.8) is 0 Å². The Morgan fingerprint density at radius 1 is 0.875 bits per heavy atom. The molecule has 9 nitrogen and oxygen atoms in total. The molecule has 0 heterocycles. The molecular formula is C31H40N2O7. The maximum Gasteiger partial charge on any atom is 0.408 e. The molecule has 2 unspecified atom stereocenters. The van der Waals surface area contributed by atoms with E-state index in [0.717, 1.165) is 5.56 Å². The van der Waals surface area contributed by atoms with Crippen LogP contribution >= 0.6 is 0 Å². The summed E-state index contributed by atoms with van der Waals surface area (Å²) in [7, 11) is 0. The van der Waals surface area contributed by atoms with Crippen molar-refractivity contribution >= 4 is 23.8 Å². The van der Waals surface area contributed by atoms with Crippen molar-refractivity contribution in [2.24, 2.45) is 5.92 Å². The molecule has 0 aliphatic heterocycles. The van der Waals surface area contributed by atoms with Gasteiger partial charge in [-0.25, -0.2) is 9.59 Å². The lowest BCUT2D eigenvalue weighted by molar-refractivity contribution is -0.147. The van der Waals surface area contributed by atoms with E-state index in [-0.39, 0.29) is 30.7 Å². The van der Waals surface area contributed by atoms with E-state index in [1.54, 1.807) is 30.3 Å². The molecule has 0 aromatic heterocycles. The van der Waals surface area contributed by atoms with Gasteiger partial charge >= 0.3 is 12.1 Å². The number of carbonyl (C=O) groups excluding carboxylic acids is 4. The Morgan fingerprint density at radius 2 is 1.48 bits per heavy atom. The van der Waals surface area contributed by atoms with Crippen molar-refractivity contribution in [3.8, 4) is 0 Å². The zero-order valence-electron chi connectivity index (χ0n) is 24.1. The Kier molecular flexibility index (Phi) is 12.5. The van der Waals surface area contributed by atoms with Crippen molar-refractivity contribution in [2.75, 3.05) is 6.61 Å². The molecule has 0 aliphatic rings. The Labute approximate surface area is 236 Å². The van der Waals surface area contributed by atoms with Crippen molar-refractivity contribution in [1.82, 2.24) is 10.6 Å². The van der Waals surface area contributed by atoms with Crippen LogP contribution in [0.1, 0.15) is 63.9 Å². The van der Waals surface area contributed by atoms with Crippen LogP contribution in [0.2, 0.25) is 0 Å². The SMILES string of the molecule is C/C(=C\C(=O)c1ccccc1)OC(=O)C(COC(C)(C)C)NC(=O)C(CC(C)C)NC(=O)OCc1ccccc1. The molecule has 2 atom stereocenters. The molecule has 0 saturated carbocycles. The van der Waals surface area contributed by atoms with Crippen molar-refractivity contribution < 1.29 is 33.4 Å². The summed E-state index contributed by atoms with van der Waals surface area (Å²) in [6.45, 7) is 10.6. The highest BCUT2D eigenvalue weighted by Crippen LogP contribution is 2.12. The van der Waals surface area contributed by atoms with Gasteiger partial charge < -0.3 is 24.8 Å². The molecule has 0 saturated heterocycles. The fourth-order valence-corrected chi connectivity index (χ4v) is 3.51. The monoisotopic (exact) mass is 552 g/mol. The normalized spacial score (nSPS) is 13.2. The molecular weight excluding hydrogens is 512 g/mol. The third-order valence-corrected chi connectivity index (χ3v) is 5.47. The second-order valence-corrected chi connectivity index (χ2v) is 10.8. The highest BCUT2D eigenvalue weighted by molar-refractivity contribution is 6.04. The van der Waals surface area contributed by atoms with Gasteiger partial charge in [-0.2, -0.15) is 0 Å². The quantitative estimate of drug-likeness (QED) is 0.156. The maximum absolute atomic E-state index is 13.3. The largest absolute Gasteiger partial charge is 0.445 e. The van der Waals surface area contributed by atoms with Crippen LogP contribution in [0.25, 0.3) is 0 Å². The van der Waals surface area contributed by atoms with Crippen LogP contribution in [0, 0.1) is 5.92 Å². The number of amides is 2. The number of ether oxygens (including phenoxy) is 3. The summed E-state index contributed by atoms with van der Waals surface area (Å²) in [5, 5.41) is 5.24. The molecule has 2 amide bonds. The second-order valence-electron chi connectivity index (χ2n) is 10.8. The number of hydrogen-bond donors (Lipinski definition) is 2. The highest BCUT2D eigenvalue weighted by Gasteiger charge is 2.30. The number of nitrogens with one attached hydrogen (secondary N) is 2. The Morgan fingerprint density at radius 3 is 2.05 bits per heavy atom. The van der Waals surface area contributed by atoms with Crippen LogP contribution in [0.15, 0.2) is 72.5 Å². The standard InChI is InChI=1S/C31H40N2O7/c1-21(2)17-25(33-30(37)38-19-23-13-9-7-10-14-23)28(35)32-26(20-39-31(4,5)6)29(36)40-22(3)18-27(34)24-15-11-8-12-16-24/h7-16,18,21,25-26H,17,19-20H2,1-6H3,(H,32,35)(H,33,37)/b22-18+. The number of ketones is 1. The molecule has 0 spiro atoms. The lowest BCUT2D eigenvalue weighted by Crippen LogP contribution is -2.54. The average Bonchev–Trinajstić information content (AvgIpc) is 2.89. The third kappa shape index (κ3) is 12.3. The van der Waals surface area contributed by atoms with Crippen LogP contribution in [-0.4, -0.2) is 48.0 Å². The van der Waals surface area contributed by atoms with Crippen LogP contribution in [0.3, 0.4) is 0 Å². The summed E-state index contributed by atoms with van der Waals surface area (Å²) >= 11 is 0. The van der Waals surface area contributed by atoms with Crippen molar-refractivity contribution in [3.05, 3.63) is 83.6 Å². The number of esters is 1. The van der Waals surface area contributed by atoms with Gasteiger partial charge in [0, 0.05) is 11.6 Å². The number of carbonyl (C=O) groups is 4. The Balaban J connectivity index is 2.11. The Bertz CT molecular complexity index is 1160. The van der Waals surface area contributed by atoms with E-state index in [9.17, 15) is 19.2 Å². The van der Waals surface area contributed by atoms with Gasteiger partial charge in [-0.3, -0.25) is 9.59 Å². The molecule has 0 radical (unpaired) electrons. The first-order chi connectivity index (χ1) is 18.8. The first-order valence-corrected chi connectivity index (χ1v) is 13.2. The van der Waals surface area contributed by atoms with Gasteiger partial charge in [0.05, 0.1) is 12.2 Å². The molecule has 216 valence electrons. The van der Waals surface area contributed by atoms with Crippen molar-refractivity contribution in [2.45, 2.75) is 72.3 Å². The molecule has 0 aliphatic carbocycles. The van der Waals surface area contributed by atoms with Crippen LogP contribution in [0.5, 0.6) is 0 Å². The van der Waals surface area contributed by atoms with E-state index in [0.29, 0.717) is 12.0 Å². The van der Waals surface area contributed by atoms with Gasteiger partial charge in [0.1, 0.15) is 18.4 Å². The lowest BCUT2D eigenvalue weighted by atomic mass is 10.0. The summed E-state index contributed by atoms with van der Waals surface area (Å²) in [5.41, 5.74) is 0.647. The van der Waals surface area contributed by atoms with Crippen LogP contribution in [0.4, 0.5) is 4.79 Å². The minimum absolute atomic E-state index is 0.0460. The van der Waals surface area contributed by atoms with E-state index >= 15 is 0 Å². The summed E-state index contributed by atoms with van der Waals surface area (Å²) < 4.78 is 16.4. The number of benzene rings is 2. The first-order valence-electron chi connectivity index (χ1n) is 13.2. The summed E-state index contributed by atoms with van der Waals surface area (Å²) in [5.74, 6) is -1.60. The maximum atomic E-state index is 13.3. The minimum Gasteiger partial charge on any atom is -0.445 e. The predicted molar refractivity (Wildman–Crippen MR) is 151 cm³/mol. The van der Waals surface area contributed by atoms with Crippen LogP contribution in [-0.2, 0) is 30.4 Å². The third-order valence-electron chi connectivity index (χ3n) is 5.47. The van der Waals surface area contributed by atoms with E-state index in [1.807, 2.05) is 65.0 Å². The van der Waals surface area contributed by atoms with E-state index in [4.69, 9.17) is 14.2 Å². The molecule has 2 aromatic carbocycles. The average molecular weight is 553 g/mol. The lowest BCUT2D eigenvalue weighted by Gasteiger charge is -2.26. The number of hydrogen-bond acceptors (Lipinski definition) is 7. The summed E-state index contributed by atoms with van der Waals surface area (Å²) in [4.78, 5) is 51.3. The fraction of sp³-hybridized carbons (Fsp3) is 0.419. The summed E-state index contributed by atoms with van der Waals surface area (Å²) in [6.07, 6.45) is 0.759. The van der Waals surface area contributed by atoms with Gasteiger partial charge in [0.15, 0.2) is 11.8 Å². The fourth-order valence-electron chi connectivity index (χ4n) is 3.51. The minimum atomic E-state index is -1.20. The predicted octanol–water partition coefficient (Wildman–Crippen LogP) is 4.96. The molecule has 0 bridgehead atoms. The van der Waals surface area contributed by atoms with Gasteiger partial charge in [-0.15, -0.1) is 0 Å². The van der Waals surface area contributed by atoms with Gasteiger partial charge in [-0.05, 0) is 45.6 Å². The molecule has 2 N–H and O–H groups in total. The van der Waals surface area contributed by atoms with Gasteiger partial charge in [0.2, 0.25) is 5.91 Å². The molecule has 2 aromatic rings. The summed E-state index contributed by atoms with van der Waals surface area (Å²) in [6, 6.07) is 15.6. The second kappa shape index (κ2) is 15.6. The smallest absolute Gasteiger partial charge is 0.408 e. The highest BCUT2D eigenvalue weighted by atomic mass is 16.6. The van der Waals surface area contributed by atoms with E-state index in [1.165, 1.54) is 13.0 Å².